The zero-order valence-corrected chi connectivity index (χ0v) is 14.2. The minimum Gasteiger partial charge on any atom is -0.348 e. The Morgan fingerprint density at radius 3 is 2.64 bits per heavy atom. The molecule has 0 saturated carbocycles. The van der Waals surface area contributed by atoms with Crippen molar-refractivity contribution in [2.75, 3.05) is 0 Å². The van der Waals surface area contributed by atoms with Gasteiger partial charge in [0.05, 0.1) is 15.7 Å². The first-order chi connectivity index (χ1) is 10.4. The van der Waals surface area contributed by atoms with E-state index in [-0.39, 0.29) is 5.91 Å². The average molecular weight is 338 g/mol. The number of carbonyl (C=O) groups is 1. The number of rotatable bonds is 4. The molecule has 1 amide bonds. The summed E-state index contributed by atoms with van der Waals surface area (Å²) in [5, 5.41) is 8.13. The van der Waals surface area contributed by atoms with Crippen molar-refractivity contribution in [1.82, 2.24) is 15.1 Å². The molecule has 2 rings (SSSR count). The molecular weight excluding hydrogens is 321 g/mol. The van der Waals surface area contributed by atoms with Gasteiger partial charge in [-0.1, -0.05) is 29.3 Å². The Kier molecular flexibility index (Phi) is 5.27. The molecule has 1 aromatic heterocycles. The number of aromatic nitrogens is 2. The zero-order chi connectivity index (χ0) is 16.3. The standard InChI is InChI=1S/C16H17Cl2N3O/c1-10-13(11(2)21(3)20-10)9-19-16(22)7-5-12-4-6-14(17)15(18)8-12/h4-8H,9H2,1-3H3,(H,19,22). The number of nitrogens with zero attached hydrogens (tertiary/aromatic N) is 2. The fourth-order valence-corrected chi connectivity index (χ4v) is 2.40. The van der Waals surface area contributed by atoms with Crippen LogP contribution in [0.15, 0.2) is 24.3 Å². The SMILES string of the molecule is Cc1nn(C)c(C)c1CNC(=O)C=Cc1ccc(Cl)c(Cl)c1. The van der Waals surface area contributed by atoms with E-state index in [1.54, 1.807) is 24.3 Å². The number of benzene rings is 1. The molecular formula is C16H17Cl2N3O. The van der Waals surface area contributed by atoms with Crippen LogP contribution in [0, 0.1) is 13.8 Å². The Labute approximate surface area is 139 Å². The molecule has 6 heteroatoms. The van der Waals surface area contributed by atoms with E-state index in [9.17, 15) is 4.79 Å². The maximum atomic E-state index is 11.9. The van der Waals surface area contributed by atoms with Gasteiger partial charge in [-0.2, -0.15) is 5.10 Å². The van der Waals surface area contributed by atoms with Crippen LogP contribution in [0.3, 0.4) is 0 Å². The molecule has 0 unspecified atom stereocenters. The van der Waals surface area contributed by atoms with Crippen LogP contribution in [0.25, 0.3) is 6.08 Å². The number of nitrogens with one attached hydrogen (secondary N) is 1. The number of aryl methyl sites for hydroxylation is 2. The lowest BCUT2D eigenvalue weighted by molar-refractivity contribution is -0.116. The normalized spacial score (nSPS) is 11.1. The lowest BCUT2D eigenvalue weighted by Gasteiger charge is -2.03. The van der Waals surface area contributed by atoms with Crippen LogP contribution in [0.5, 0.6) is 0 Å². The maximum absolute atomic E-state index is 11.9. The zero-order valence-electron chi connectivity index (χ0n) is 12.7. The van der Waals surface area contributed by atoms with Crippen molar-refractivity contribution in [2.24, 2.45) is 7.05 Å². The molecule has 0 fully saturated rings. The number of carbonyl (C=O) groups excluding carboxylic acids is 1. The van der Waals surface area contributed by atoms with Gasteiger partial charge in [-0.15, -0.1) is 0 Å². The summed E-state index contributed by atoms with van der Waals surface area (Å²) in [5.41, 5.74) is 3.83. The van der Waals surface area contributed by atoms with Crippen molar-refractivity contribution in [3.8, 4) is 0 Å². The largest absolute Gasteiger partial charge is 0.348 e. The van der Waals surface area contributed by atoms with E-state index in [0.717, 1.165) is 22.5 Å². The van der Waals surface area contributed by atoms with Gasteiger partial charge in [0.1, 0.15) is 0 Å². The molecule has 1 aromatic carbocycles. The molecule has 116 valence electrons. The lowest BCUT2D eigenvalue weighted by atomic mass is 10.2. The Morgan fingerprint density at radius 2 is 2.05 bits per heavy atom. The minimum atomic E-state index is -0.172. The maximum Gasteiger partial charge on any atom is 0.244 e. The van der Waals surface area contributed by atoms with E-state index in [1.165, 1.54) is 6.08 Å². The predicted molar refractivity (Wildman–Crippen MR) is 90.0 cm³/mol. The number of amides is 1. The van der Waals surface area contributed by atoms with Crippen LogP contribution in [0.4, 0.5) is 0 Å². The molecule has 0 atom stereocenters. The van der Waals surface area contributed by atoms with Crippen molar-refractivity contribution in [3.63, 3.8) is 0 Å². The summed E-state index contributed by atoms with van der Waals surface area (Å²) in [6.07, 6.45) is 3.17. The highest BCUT2D eigenvalue weighted by Crippen LogP contribution is 2.23. The van der Waals surface area contributed by atoms with Gasteiger partial charge in [0.15, 0.2) is 0 Å². The first kappa shape index (κ1) is 16.6. The third-order valence-corrected chi connectivity index (χ3v) is 4.21. The summed E-state index contributed by atoms with van der Waals surface area (Å²) in [6, 6.07) is 5.21. The first-order valence-corrected chi connectivity index (χ1v) is 7.54. The van der Waals surface area contributed by atoms with Crippen LogP contribution in [0.2, 0.25) is 10.0 Å². The second-order valence-corrected chi connectivity index (χ2v) is 5.81. The van der Waals surface area contributed by atoms with Gasteiger partial charge >= 0.3 is 0 Å². The molecule has 0 aliphatic heterocycles. The van der Waals surface area contributed by atoms with E-state index in [1.807, 2.05) is 25.6 Å². The third-order valence-electron chi connectivity index (χ3n) is 3.47. The van der Waals surface area contributed by atoms with Crippen LogP contribution >= 0.6 is 23.2 Å². The van der Waals surface area contributed by atoms with Crippen molar-refractivity contribution >= 4 is 35.2 Å². The second-order valence-electron chi connectivity index (χ2n) is 5.00. The molecule has 0 aliphatic carbocycles. The van der Waals surface area contributed by atoms with Crippen LogP contribution < -0.4 is 5.32 Å². The van der Waals surface area contributed by atoms with Gasteiger partial charge in [-0.05, 0) is 37.6 Å². The summed E-state index contributed by atoms with van der Waals surface area (Å²) >= 11 is 11.8. The number of halogens is 2. The predicted octanol–water partition coefficient (Wildman–Crippen LogP) is 3.67. The van der Waals surface area contributed by atoms with E-state index in [2.05, 4.69) is 10.4 Å². The van der Waals surface area contributed by atoms with Crippen LogP contribution in [-0.4, -0.2) is 15.7 Å². The van der Waals surface area contributed by atoms with E-state index < -0.39 is 0 Å². The summed E-state index contributed by atoms with van der Waals surface area (Å²) in [4.78, 5) is 11.9. The fraction of sp³-hybridized carbons (Fsp3) is 0.250. The summed E-state index contributed by atoms with van der Waals surface area (Å²) in [6.45, 7) is 4.36. The minimum absolute atomic E-state index is 0.172. The Balaban J connectivity index is 1.98. The van der Waals surface area contributed by atoms with Gasteiger partial charge in [0, 0.05) is 30.9 Å². The molecule has 0 aliphatic rings. The van der Waals surface area contributed by atoms with E-state index in [0.29, 0.717) is 16.6 Å². The molecule has 1 N–H and O–H groups in total. The molecule has 0 radical (unpaired) electrons. The molecule has 0 saturated heterocycles. The Bertz CT molecular complexity index is 735. The summed E-state index contributed by atoms with van der Waals surface area (Å²) < 4.78 is 1.81. The lowest BCUT2D eigenvalue weighted by Crippen LogP contribution is -2.21. The fourth-order valence-electron chi connectivity index (χ4n) is 2.10. The summed E-state index contributed by atoms with van der Waals surface area (Å²) in [7, 11) is 1.89. The highest BCUT2D eigenvalue weighted by Gasteiger charge is 2.09. The Morgan fingerprint density at radius 1 is 1.32 bits per heavy atom. The van der Waals surface area contributed by atoms with Crippen LogP contribution in [0.1, 0.15) is 22.5 Å². The highest BCUT2D eigenvalue weighted by atomic mass is 35.5. The van der Waals surface area contributed by atoms with Gasteiger partial charge in [0.2, 0.25) is 5.91 Å². The highest BCUT2D eigenvalue weighted by molar-refractivity contribution is 6.42. The van der Waals surface area contributed by atoms with Gasteiger partial charge in [-0.25, -0.2) is 0 Å². The molecule has 0 bridgehead atoms. The Hall–Kier alpha value is -1.78. The van der Waals surface area contributed by atoms with Gasteiger partial charge < -0.3 is 5.32 Å². The first-order valence-electron chi connectivity index (χ1n) is 6.78. The summed E-state index contributed by atoms with van der Waals surface area (Å²) in [5.74, 6) is -0.172. The van der Waals surface area contributed by atoms with Gasteiger partial charge in [-0.3, -0.25) is 9.48 Å². The molecule has 0 spiro atoms. The topological polar surface area (TPSA) is 46.9 Å². The number of hydrogen-bond donors (Lipinski definition) is 1. The average Bonchev–Trinajstić information content (AvgIpc) is 2.71. The molecule has 1 heterocycles. The smallest absolute Gasteiger partial charge is 0.244 e. The number of hydrogen-bond acceptors (Lipinski definition) is 2. The molecule has 4 nitrogen and oxygen atoms in total. The quantitative estimate of drug-likeness (QED) is 0.865. The van der Waals surface area contributed by atoms with Crippen molar-refractivity contribution in [2.45, 2.75) is 20.4 Å². The molecule has 2 aromatic rings. The van der Waals surface area contributed by atoms with E-state index >= 15 is 0 Å². The molecule has 22 heavy (non-hydrogen) atoms. The van der Waals surface area contributed by atoms with Gasteiger partial charge in [0.25, 0.3) is 0 Å². The monoisotopic (exact) mass is 337 g/mol. The third kappa shape index (κ3) is 3.90. The van der Waals surface area contributed by atoms with E-state index in [4.69, 9.17) is 23.2 Å². The van der Waals surface area contributed by atoms with Crippen molar-refractivity contribution < 1.29 is 4.79 Å². The van der Waals surface area contributed by atoms with Crippen LogP contribution in [-0.2, 0) is 18.4 Å². The van der Waals surface area contributed by atoms with Crippen molar-refractivity contribution in [1.29, 1.82) is 0 Å². The second kappa shape index (κ2) is 6.99. The van der Waals surface area contributed by atoms with Crippen molar-refractivity contribution in [3.05, 3.63) is 56.8 Å².